The Hall–Kier alpha value is -3.47. The monoisotopic (exact) mass is 424 g/mol. The molecule has 0 saturated heterocycles. The molecule has 1 heterocycles. The van der Waals surface area contributed by atoms with Gasteiger partial charge in [0.25, 0.3) is 11.8 Å². The van der Waals surface area contributed by atoms with Crippen molar-refractivity contribution >= 4 is 23.4 Å². The molecule has 0 saturated carbocycles. The van der Waals surface area contributed by atoms with Crippen LogP contribution in [-0.4, -0.2) is 32.0 Å². The van der Waals surface area contributed by atoms with E-state index in [2.05, 4.69) is 26.3 Å². The van der Waals surface area contributed by atoms with Crippen LogP contribution in [0, 0.1) is 0 Å². The van der Waals surface area contributed by atoms with E-state index in [1.54, 1.807) is 0 Å². The fraction of sp³-hybridized carbons (Fsp3) is 0.118. The van der Waals surface area contributed by atoms with Crippen LogP contribution in [0.25, 0.3) is 11.4 Å². The Kier molecular flexibility index (Phi) is 5.78. The molecule has 8 nitrogen and oxygen atoms in total. The number of tetrazole rings is 1. The highest BCUT2D eigenvalue weighted by atomic mass is 35.5. The standard InChI is InChI=1S/C17H12ClF3N6O2/c18-13-6-4-10(5-7-13)16(29)24-22-14(28)9-27-25-15(23-26-27)11-2-1-3-12(8-11)17(19,20)21/h1-8H,9H2,(H,22,28)(H,24,29). The number of aromatic nitrogens is 4. The van der Waals surface area contributed by atoms with Crippen LogP contribution in [0.4, 0.5) is 13.2 Å². The molecule has 3 rings (SSSR count). The Bertz CT molecular complexity index is 1040. The predicted octanol–water partition coefficient (Wildman–Crippen LogP) is 2.47. The Morgan fingerprint density at radius 1 is 1.07 bits per heavy atom. The van der Waals surface area contributed by atoms with Crippen LogP contribution < -0.4 is 10.9 Å². The minimum absolute atomic E-state index is 0.0749. The zero-order valence-electron chi connectivity index (χ0n) is 14.4. The van der Waals surface area contributed by atoms with Gasteiger partial charge in [-0.25, -0.2) is 0 Å². The number of rotatable bonds is 4. The highest BCUT2D eigenvalue weighted by molar-refractivity contribution is 6.30. The van der Waals surface area contributed by atoms with Crippen molar-refractivity contribution < 1.29 is 22.8 Å². The number of nitrogens with zero attached hydrogens (tertiary/aromatic N) is 4. The number of hydrazine groups is 1. The summed E-state index contributed by atoms with van der Waals surface area (Å²) in [4.78, 5) is 24.7. The fourth-order valence-corrected chi connectivity index (χ4v) is 2.35. The normalized spacial score (nSPS) is 11.2. The Morgan fingerprint density at radius 2 is 1.79 bits per heavy atom. The highest BCUT2D eigenvalue weighted by Gasteiger charge is 2.30. The molecule has 3 aromatic rings. The zero-order valence-corrected chi connectivity index (χ0v) is 15.2. The molecule has 0 radical (unpaired) electrons. The van der Waals surface area contributed by atoms with Crippen LogP contribution in [0.2, 0.25) is 5.02 Å². The van der Waals surface area contributed by atoms with E-state index in [0.29, 0.717) is 5.02 Å². The molecule has 2 N–H and O–H groups in total. The molecular formula is C17H12ClF3N6O2. The van der Waals surface area contributed by atoms with Gasteiger partial charge in [-0.05, 0) is 41.6 Å². The first-order valence-corrected chi connectivity index (χ1v) is 8.40. The van der Waals surface area contributed by atoms with E-state index in [0.717, 1.165) is 16.9 Å². The lowest BCUT2D eigenvalue weighted by molar-refractivity contribution is -0.137. The smallest absolute Gasteiger partial charge is 0.271 e. The van der Waals surface area contributed by atoms with Gasteiger partial charge in [0, 0.05) is 16.1 Å². The summed E-state index contributed by atoms with van der Waals surface area (Å²) >= 11 is 5.73. The average molecular weight is 425 g/mol. The Balaban J connectivity index is 1.59. The second-order valence-corrected chi connectivity index (χ2v) is 6.17. The maximum Gasteiger partial charge on any atom is 0.416 e. The first kappa shape index (κ1) is 20.3. The van der Waals surface area contributed by atoms with Gasteiger partial charge in [-0.1, -0.05) is 23.7 Å². The number of carbonyl (C=O) groups excluding carboxylic acids is 2. The van der Waals surface area contributed by atoms with Crippen LogP contribution in [0.5, 0.6) is 0 Å². The van der Waals surface area contributed by atoms with Crippen LogP contribution in [0.1, 0.15) is 15.9 Å². The summed E-state index contributed by atoms with van der Waals surface area (Å²) in [6.45, 7) is -0.410. The van der Waals surface area contributed by atoms with Crippen LogP contribution in [0.3, 0.4) is 0 Å². The second kappa shape index (κ2) is 8.27. The molecule has 1 aromatic heterocycles. The van der Waals surface area contributed by atoms with Gasteiger partial charge in [-0.15, -0.1) is 10.2 Å². The van der Waals surface area contributed by atoms with Crippen molar-refractivity contribution in [1.29, 1.82) is 0 Å². The quantitative estimate of drug-likeness (QED) is 0.626. The van der Waals surface area contributed by atoms with E-state index in [9.17, 15) is 22.8 Å². The SMILES string of the molecule is O=C(Cn1nnc(-c2cccc(C(F)(F)F)c2)n1)NNC(=O)c1ccc(Cl)cc1. The summed E-state index contributed by atoms with van der Waals surface area (Å²) in [6.07, 6.45) is -4.51. The minimum Gasteiger partial charge on any atom is -0.271 e. The van der Waals surface area contributed by atoms with Gasteiger partial charge >= 0.3 is 6.18 Å². The predicted molar refractivity (Wildman–Crippen MR) is 95.3 cm³/mol. The molecule has 2 aromatic carbocycles. The third-order valence-corrected chi connectivity index (χ3v) is 3.86. The lowest BCUT2D eigenvalue weighted by Gasteiger charge is -2.07. The molecule has 12 heteroatoms. The largest absolute Gasteiger partial charge is 0.416 e. The molecular weight excluding hydrogens is 413 g/mol. The molecule has 0 fully saturated rings. The number of benzene rings is 2. The number of carbonyl (C=O) groups is 2. The van der Waals surface area contributed by atoms with Crippen molar-refractivity contribution in [2.24, 2.45) is 0 Å². The van der Waals surface area contributed by atoms with Crippen molar-refractivity contribution in [3.8, 4) is 11.4 Å². The summed E-state index contributed by atoms with van der Waals surface area (Å²) in [5.74, 6) is -1.30. The zero-order chi connectivity index (χ0) is 21.0. The molecule has 150 valence electrons. The lowest BCUT2D eigenvalue weighted by Crippen LogP contribution is -2.43. The second-order valence-electron chi connectivity index (χ2n) is 5.73. The summed E-state index contributed by atoms with van der Waals surface area (Å²) in [5, 5.41) is 11.6. The summed E-state index contributed by atoms with van der Waals surface area (Å²) in [7, 11) is 0. The molecule has 0 aliphatic rings. The molecule has 2 amide bonds. The topological polar surface area (TPSA) is 102 Å². The van der Waals surface area contributed by atoms with Crippen LogP contribution >= 0.6 is 11.6 Å². The third kappa shape index (κ3) is 5.29. The number of hydrogen-bond donors (Lipinski definition) is 2. The van der Waals surface area contributed by atoms with Crippen molar-refractivity contribution in [1.82, 2.24) is 31.1 Å². The van der Waals surface area contributed by atoms with E-state index < -0.39 is 30.1 Å². The number of halogens is 4. The van der Waals surface area contributed by atoms with Gasteiger partial charge in [0.1, 0.15) is 6.54 Å². The minimum atomic E-state index is -4.51. The molecule has 0 unspecified atom stereocenters. The molecule has 0 aliphatic heterocycles. The van der Waals surface area contributed by atoms with Gasteiger partial charge in [0.2, 0.25) is 5.82 Å². The van der Waals surface area contributed by atoms with Gasteiger partial charge in [-0.3, -0.25) is 20.4 Å². The maximum atomic E-state index is 12.8. The van der Waals surface area contributed by atoms with E-state index >= 15 is 0 Å². The molecule has 0 bridgehead atoms. The van der Waals surface area contributed by atoms with Gasteiger partial charge < -0.3 is 0 Å². The van der Waals surface area contributed by atoms with Crippen molar-refractivity contribution in [3.05, 3.63) is 64.7 Å². The van der Waals surface area contributed by atoms with E-state index in [1.165, 1.54) is 36.4 Å². The van der Waals surface area contributed by atoms with Gasteiger partial charge in [0.05, 0.1) is 5.56 Å². The van der Waals surface area contributed by atoms with E-state index in [1.807, 2.05) is 0 Å². The lowest BCUT2D eigenvalue weighted by atomic mass is 10.1. The fourth-order valence-electron chi connectivity index (χ4n) is 2.23. The first-order valence-electron chi connectivity index (χ1n) is 8.02. The van der Waals surface area contributed by atoms with Crippen LogP contribution in [-0.2, 0) is 17.5 Å². The number of alkyl halides is 3. The molecule has 0 atom stereocenters. The molecule has 29 heavy (non-hydrogen) atoms. The summed E-state index contributed by atoms with van der Waals surface area (Å²) in [6, 6.07) is 10.4. The summed E-state index contributed by atoms with van der Waals surface area (Å²) < 4.78 is 38.4. The van der Waals surface area contributed by atoms with E-state index in [4.69, 9.17) is 11.6 Å². The average Bonchev–Trinajstić information content (AvgIpc) is 3.14. The Morgan fingerprint density at radius 3 is 2.48 bits per heavy atom. The number of nitrogens with one attached hydrogen (secondary N) is 2. The van der Waals surface area contributed by atoms with Gasteiger partial charge in [0.15, 0.2) is 0 Å². The summed E-state index contributed by atoms with van der Waals surface area (Å²) in [5.41, 5.74) is 3.90. The highest BCUT2D eigenvalue weighted by Crippen LogP contribution is 2.31. The number of hydrogen-bond acceptors (Lipinski definition) is 5. The molecule has 0 spiro atoms. The van der Waals surface area contributed by atoms with Crippen molar-refractivity contribution in [2.75, 3.05) is 0 Å². The van der Waals surface area contributed by atoms with Gasteiger partial charge in [-0.2, -0.15) is 18.0 Å². The third-order valence-electron chi connectivity index (χ3n) is 3.61. The Labute approximate surface area is 166 Å². The van der Waals surface area contributed by atoms with E-state index in [-0.39, 0.29) is 17.0 Å². The van der Waals surface area contributed by atoms with Crippen molar-refractivity contribution in [2.45, 2.75) is 12.7 Å². The number of amides is 2. The first-order chi connectivity index (χ1) is 13.7. The maximum absolute atomic E-state index is 12.8. The van der Waals surface area contributed by atoms with Crippen molar-refractivity contribution in [3.63, 3.8) is 0 Å². The molecule has 0 aliphatic carbocycles. The van der Waals surface area contributed by atoms with Crippen LogP contribution in [0.15, 0.2) is 48.5 Å².